The molecule has 0 aromatic heterocycles. The summed E-state index contributed by atoms with van der Waals surface area (Å²) in [4.78, 5) is 28.4. The Morgan fingerprint density at radius 1 is 1.00 bits per heavy atom. The lowest BCUT2D eigenvalue weighted by Crippen LogP contribution is -2.43. The van der Waals surface area contributed by atoms with E-state index < -0.39 is 11.6 Å². The van der Waals surface area contributed by atoms with Crippen molar-refractivity contribution >= 4 is 12.0 Å². The predicted molar refractivity (Wildman–Crippen MR) is 144 cm³/mol. The molecule has 0 spiro atoms. The maximum atomic E-state index is 12.8. The number of ether oxygens (including phenoxy) is 3. The Kier molecular flexibility index (Phi) is 8.41. The summed E-state index contributed by atoms with van der Waals surface area (Å²) in [6.07, 6.45) is 0.892. The SMILES string of the molecule is COc1ccccc1CN1C[C@H](CCOc2ccc(C[C@](C)(Oc3ccccc3)C(=O)O)cc2)N(C)C1=O. The number of amides is 2. The molecule has 2 amide bonds. The largest absolute Gasteiger partial charge is 0.496 e. The summed E-state index contributed by atoms with van der Waals surface area (Å²) in [5.41, 5.74) is 0.395. The van der Waals surface area contributed by atoms with Gasteiger partial charge in [-0.15, -0.1) is 0 Å². The summed E-state index contributed by atoms with van der Waals surface area (Å²) < 4.78 is 17.2. The van der Waals surface area contributed by atoms with Crippen LogP contribution in [0.4, 0.5) is 4.79 Å². The third kappa shape index (κ3) is 6.37. The highest BCUT2D eigenvalue weighted by molar-refractivity contribution is 5.78. The highest BCUT2D eigenvalue weighted by atomic mass is 16.5. The first-order valence-corrected chi connectivity index (χ1v) is 12.6. The Balaban J connectivity index is 1.29. The molecule has 0 saturated carbocycles. The standard InChI is InChI=1S/C30H34N2O6/c1-30(28(33)34,38-26-10-5-4-6-11-26)19-22-13-15-25(16-14-22)37-18-17-24-21-32(29(35)31(24)2)20-23-9-7-8-12-27(23)36-3/h4-16,24H,17-21H2,1-3H3,(H,33,34)/t24-,30-/m0/s1. The molecule has 3 aromatic carbocycles. The first kappa shape index (κ1) is 26.9. The number of aliphatic carboxylic acids is 1. The molecule has 0 aliphatic carbocycles. The zero-order valence-electron chi connectivity index (χ0n) is 22.0. The molecule has 200 valence electrons. The van der Waals surface area contributed by atoms with Crippen molar-refractivity contribution in [1.29, 1.82) is 0 Å². The van der Waals surface area contributed by atoms with E-state index in [1.807, 2.05) is 66.5 Å². The van der Waals surface area contributed by atoms with Crippen molar-refractivity contribution in [3.05, 3.63) is 90.0 Å². The molecule has 0 unspecified atom stereocenters. The van der Waals surface area contributed by atoms with Crippen LogP contribution in [0.1, 0.15) is 24.5 Å². The second-order valence-electron chi connectivity index (χ2n) is 9.65. The monoisotopic (exact) mass is 518 g/mol. The Morgan fingerprint density at radius 2 is 1.68 bits per heavy atom. The third-order valence-corrected chi connectivity index (χ3v) is 6.83. The topological polar surface area (TPSA) is 88.5 Å². The molecule has 1 N–H and O–H groups in total. The molecule has 8 heteroatoms. The lowest BCUT2D eigenvalue weighted by molar-refractivity contribution is -0.153. The molecular formula is C30H34N2O6. The maximum absolute atomic E-state index is 12.8. The van der Waals surface area contributed by atoms with Crippen LogP contribution in [0.3, 0.4) is 0 Å². The van der Waals surface area contributed by atoms with Crippen LogP contribution in [0.2, 0.25) is 0 Å². The zero-order chi connectivity index (χ0) is 27.1. The molecule has 0 bridgehead atoms. The number of carbonyl (C=O) groups is 2. The van der Waals surface area contributed by atoms with Crippen LogP contribution in [0.15, 0.2) is 78.9 Å². The van der Waals surface area contributed by atoms with E-state index in [2.05, 4.69) is 0 Å². The van der Waals surface area contributed by atoms with Crippen LogP contribution in [0, 0.1) is 0 Å². The number of carbonyl (C=O) groups excluding carboxylic acids is 1. The van der Waals surface area contributed by atoms with E-state index in [4.69, 9.17) is 14.2 Å². The van der Waals surface area contributed by atoms with Crippen LogP contribution < -0.4 is 14.2 Å². The fourth-order valence-corrected chi connectivity index (χ4v) is 4.60. The van der Waals surface area contributed by atoms with Gasteiger partial charge in [0.2, 0.25) is 5.60 Å². The Hall–Kier alpha value is -4.20. The van der Waals surface area contributed by atoms with Crippen LogP contribution in [0.5, 0.6) is 17.2 Å². The highest BCUT2D eigenvalue weighted by Gasteiger charge is 2.36. The molecule has 3 aromatic rings. The van der Waals surface area contributed by atoms with Crippen molar-refractivity contribution < 1.29 is 28.9 Å². The lowest BCUT2D eigenvalue weighted by Gasteiger charge is -2.26. The minimum absolute atomic E-state index is 0.00976. The van der Waals surface area contributed by atoms with Crippen molar-refractivity contribution in [3.63, 3.8) is 0 Å². The summed E-state index contributed by atoms with van der Waals surface area (Å²) in [7, 11) is 3.45. The number of rotatable bonds is 12. The van der Waals surface area contributed by atoms with Gasteiger partial charge in [0, 0.05) is 32.0 Å². The summed E-state index contributed by atoms with van der Waals surface area (Å²) in [6.45, 7) is 3.14. The normalized spacial score (nSPS) is 16.7. The number of para-hydroxylation sites is 2. The van der Waals surface area contributed by atoms with Gasteiger partial charge in [0.05, 0.1) is 26.3 Å². The van der Waals surface area contributed by atoms with Gasteiger partial charge in [-0.3, -0.25) is 0 Å². The van der Waals surface area contributed by atoms with Crippen LogP contribution in [-0.4, -0.2) is 65.9 Å². The predicted octanol–water partition coefficient (Wildman–Crippen LogP) is 4.87. The molecule has 4 rings (SSSR count). The second kappa shape index (κ2) is 11.9. The number of methoxy groups -OCH3 is 1. The molecule has 8 nitrogen and oxygen atoms in total. The molecule has 1 saturated heterocycles. The van der Waals surface area contributed by atoms with Gasteiger partial charge in [-0.05, 0) is 42.8 Å². The quantitative estimate of drug-likeness (QED) is 0.368. The minimum atomic E-state index is -1.40. The molecule has 38 heavy (non-hydrogen) atoms. The van der Waals surface area contributed by atoms with Crippen molar-refractivity contribution in [3.8, 4) is 17.2 Å². The van der Waals surface area contributed by atoms with Crippen molar-refractivity contribution in [2.24, 2.45) is 0 Å². The number of hydrogen-bond acceptors (Lipinski definition) is 5. The average molecular weight is 519 g/mol. The molecule has 1 aliphatic rings. The number of benzene rings is 3. The smallest absolute Gasteiger partial charge is 0.348 e. The van der Waals surface area contributed by atoms with Gasteiger partial charge in [-0.25, -0.2) is 9.59 Å². The van der Waals surface area contributed by atoms with Gasteiger partial charge >= 0.3 is 12.0 Å². The Labute approximate surface area is 223 Å². The number of urea groups is 1. The van der Waals surface area contributed by atoms with Crippen molar-refractivity contribution in [1.82, 2.24) is 9.80 Å². The number of hydrogen-bond donors (Lipinski definition) is 1. The van der Waals surface area contributed by atoms with E-state index in [1.165, 1.54) is 0 Å². The Bertz CT molecular complexity index is 1230. The number of likely N-dealkylation sites (N-methyl/N-ethyl adjacent to an activating group) is 1. The minimum Gasteiger partial charge on any atom is -0.496 e. The average Bonchev–Trinajstić information content (AvgIpc) is 3.18. The fraction of sp³-hybridized carbons (Fsp3) is 0.333. The van der Waals surface area contributed by atoms with Gasteiger partial charge in [-0.2, -0.15) is 0 Å². The summed E-state index contributed by atoms with van der Waals surface area (Å²) >= 11 is 0. The molecule has 1 heterocycles. The summed E-state index contributed by atoms with van der Waals surface area (Å²) in [5, 5.41) is 9.81. The third-order valence-electron chi connectivity index (χ3n) is 6.83. The number of carboxylic acid groups (broad SMARTS) is 1. The van der Waals surface area contributed by atoms with E-state index in [-0.39, 0.29) is 18.5 Å². The van der Waals surface area contributed by atoms with Gasteiger partial charge in [0.1, 0.15) is 17.2 Å². The van der Waals surface area contributed by atoms with E-state index >= 15 is 0 Å². The maximum Gasteiger partial charge on any atom is 0.348 e. The van der Waals surface area contributed by atoms with Gasteiger partial charge in [0.25, 0.3) is 0 Å². The van der Waals surface area contributed by atoms with E-state index in [0.717, 1.165) is 16.9 Å². The van der Waals surface area contributed by atoms with Gasteiger partial charge in [0.15, 0.2) is 0 Å². The Morgan fingerprint density at radius 3 is 2.37 bits per heavy atom. The van der Waals surface area contributed by atoms with Crippen LogP contribution in [-0.2, 0) is 17.8 Å². The number of nitrogens with zero attached hydrogens (tertiary/aromatic N) is 2. The van der Waals surface area contributed by atoms with Crippen LogP contribution >= 0.6 is 0 Å². The lowest BCUT2D eigenvalue weighted by atomic mass is 9.96. The van der Waals surface area contributed by atoms with E-state index in [9.17, 15) is 14.7 Å². The fourth-order valence-electron chi connectivity index (χ4n) is 4.60. The van der Waals surface area contributed by atoms with E-state index in [0.29, 0.717) is 37.6 Å². The molecule has 1 aliphatic heterocycles. The highest BCUT2D eigenvalue weighted by Crippen LogP contribution is 2.26. The molecule has 2 atom stereocenters. The molecular weight excluding hydrogens is 484 g/mol. The van der Waals surface area contributed by atoms with Crippen molar-refractivity contribution in [2.75, 3.05) is 27.3 Å². The molecule has 0 radical (unpaired) electrons. The van der Waals surface area contributed by atoms with Crippen molar-refractivity contribution in [2.45, 2.75) is 38.0 Å². The molecule has 1 fully saturated rings. The first-order valence-electron chi connectivity index (χ1n) is 12.6. The summed E-state index contributed by atoms with van der Waals surface area (Å²) in [5.74, 6) is 0.937. The van der Waals surface area contributed by atoms with Gasteiger partial charge in [-0.1, -0.05) is 48.5 Å². The zero-order valence-corrected chi connectivity index (χ0v) is 22.0. The first-order chi connectivity index (χ1) is 18.3. The number of carboxylic acids is 1. The second-order valence-corrected chi connectivity index (χ2v) is 9.65. The summed E-state index contributed by atoms with van der Waals surface area (Å²) in [6, 6.07) is 24.1. The van der Waals surface area contributed by atoms with Crippen LogP contribution in [0.25, 0.3) is 0 Å². The van der Waals surface area contributed by atoms with Gasteiger partial charge < -0.3 is 29.1 Å². The van der Waals surface area contributed by atoms with E-state index in [1.54, 1.807) is 43.2 Å².